The molecular formula is C16H25N3S2. The van der Waals surface area contributed by atoms with Crippen molar-refractivity contribution in [1.82, 2.24) is 4.90 Å². The number of hydrogen-bond acceptors (Lipinski definition) is 4. The molecule has 0 bridgehead atoms. The van der Waals surface area contributed by atoms with E-state index in [1.165, 1.54) is 10.6 Å². The Labute approximate surface area is 137 Å². The molecule has 1 heterocycles. The zero-order valence-electron chi connectivity index (χ0n) is 13.3. The van der Waals surface area contributed by atoms with Gasteiger partial charge in [-0.2, -0.15) is 0 Å². The summed E-state index contributed by atoms with van der Waals surface area (Å²) in [4.78, 5) is 6.53. The summed E-state index contributed by atoms with van der Waals surface area (Å²) in [6.07, 6.45) is 0. The average molecular weight is 324 g/mol. The number of nitrogens with two attached hydrogens (primary N) is 1. The molecule has 116 valence electrons. The van der Waals surface area contributed by atoms with E-state index in [1.807, 2.05) is 0 Å². The fraction of sp³-hybridized carbons (Fsp3) is 0.562. The van der Waals surface area contributed by atoms with E-state index in [4.69, 9.17) is 18.0 Å². The Kier molecular flexibility index (Phi) is 5.17. The first-order valence-corrected chi connectivity index (χ1v) is 8.78. The molecule has 0 aliphatic carbocycles. The zero-order chi connectivity index (χ0) is 15.6. The number of anilines is 1. The summed E-state index contributed by atoms with van der Waals surface area (Å²) in [6.45, 7) is 9.76. The molecular weight excluding hydrogens is 298 g/mol. The van der Waals surface area contributed by atoms with Gasteiger partial charge in [-0.3, -0.25) is 4.90 Å². The molecule has 1 aliphatic heterocycles. The Morgan fingerprint density at radius 2 is 2.10 bits per heavy atom. The van der Waals surface area contributed by atoms with Crippen LogP contribution in [0.3, 0.4) is 0 Å². The zero-order valence-corrected chi connectivity index (χ0v) is 15.0. The number of thioether (sulfide) groups is 1. The predicted molar refractivity (Wildman–Crippen MR) is 97.6 cm³/mol. The number of hydrogen-bond donors (Lipinski definition) is 1. The Balaban J connectivity index is 2.39. The molecule has 0 atom stereocenters. The third-order valence-electron chi connectivity index (χ3n) is 4.21. The van der Waals surface area contributed by atoms with Crippen molar-refractivity contribution in [1.29, 1.82) is 0 Å². The first-order chi connectivity index (χ1) is 9.86. The minimum atomic E-state index is 0.152. The SMILES string of the molecule is CCSc1cccc(N2CCN(C)C(C)(C)C2)c1C(N)=S. The molecule has 1 aliphatic rings. The lowest BCUT2D eigenvalue weighted by atomic mass is 9.98. The van der Waals surface area contributed by atoms with Crippen molar-refractivity contribution in [3.63, 3.8) is 0 Å². The van der Waals surface area contributed by atoms with Crippen LogP contribution in [0.5, 0.6) is 0 Å². The maximum absolute atomic E-state index is 6.03. The van der Waals surface area contributed by atoms with Crippen LogP contribution >= 0.6 is 24.0 Å². The maximum atomic E-state index is 6.03. The minimum absolute atomic E-state index is 0.152. The highest BCUT2D eigenvalue weighted by atomic mass is 32.2. The number of rotatable bonds is 4. The van der Waals surface area contributed by atoms with Crippen LogP contribution in [0, 0.1) is 0 Å². The van der Waals surface area contributed by atoms with Gasteiger partial charge in [-0.05, 0) is 38.8 Å². The number of piperazine rings is 1. The summed E-state index contributed by atoms with van der Waals surface area (Å²) in [5, 5.41) is 0. The van der Waals surface area contributed by atoms with Crippen LogP contribution in [0.4, 0.5) is 5.69 Å². The van der Waals surface area contributed by atoms with Crippen LogP contribution < -0.4 is 10.6 Å². The van der Waals surface area contributed by atoms with Gasteiger partial charge in [0.2, 0.25) is 0 Å². The molecule has 1 fully saturated rings. The highest BCUT2D eigenvalue weighted by Crippen LogP contribution is 2.33. The lowest BCUT2D eigenvalue weighted by Crippen LogP contribution is -2.58. The second-order valence-electron chi connectivity index (χ2n) is 6.10. The lowest BCUT2D eigenvalue weighted by Gasteiger charge is -2.46. The molecule has 0 unspecified atom stereocenters. The third kappa shape index (κ3) is 3.52. The molecule has 5 heteroatoms. The largest absolute Gasteiger partial charge is 0.389 e. The first kappa shape index (κ1) is 16.6. The molecule has 0 aromatic heterocycles. The molecule has 0 spiro atoms. The molecule has 0 amide bonds. The minimum Gasteiger partial charge on any atom is -0.389 e. The van der Waals surface area contributed by atoms with E-state index in [1.54, 1.807) is 11.8 Å². The Bertz CT molecular complexity index is 528. The molecule has 0 radical (unpaired) electrons. The number of nitrogens with zero attached hydrogens (tertiary/aromatic N) is 2. The van der Waals surface area contributed by atoms with Crippen LogP contribution in [0.25, 0.3) is 0 Å². The Morgan fingerprint density at radius 3 is 2.67 bits per heavy atom. The smallest absolute Gasteiger partial charge is 0.107 e. The quantitative estimate of drug-likeness (QED) is 0.680. The van der Waals surface area contributed by atoms with Gasteiger partial charge in [0, 0.05) is 41.3 Å². The second kappa shape index (κ2) is 6.55. The van der Waals surface area contributed by atoms with E-state index >= 15 is 0 Å². The molecule has 1 saturated heterocycles. The standard InChI is InChI=1S/C16H25N3S2/c1-5-21-13-8-6-7-12(14(13)15(17)20)19-10-9-18(4)16(2,3)11-19/h6-8H,5,9-11H2,1-4H3,(H2,17,20). The van der Waals surface area contributed by atoms with E-state index in [0.29, 0.717) is 4.99 Å². The van der Waals surface area contributed by atoms with Crippen LogP contribution in [0.2, 0.25) is 0 Å². The van der Waals surface area contributed by atoms with E-state index in [2.05, 4.69) is 55.8 Å². The third-order valence-corrected chi connectivity index (χ3v) is 5.35. The van der Waals surface area contributed by atoms with Crippen LogP contribution in [-0.4, -0.2) is 47.9 Å². The van der Waals surface area contributed by atoms with Gasteiger partial charge in [0.25, 0.3) is 0 Å². The molecule has 1 aromatic carbocycles. The Hall–Kier alpha value is -0.780. The average Bonchev–Trinajstić information content (AvgIpc) is 2.41. The van der Waals surface area contributed by atoms with Crippen molar-refractivity contribution in [2.75, 3.05) is 37.3 Å². The van der Waals surface area contributed by atoms with Crippen molar-refractivity contribution >= 4 is 34.7 Å². The number of thiocarbonyl (C=S) groups is 1. The summed E-state index contributed by atoms with van der Waals surface area (Å²) >= 11 is 7.13. The van der Waals surface area contributed by atoms with Gasteiger partial charge >= 0.3 is 0 Å². The number of likely N-dealkylation sites (N-methyl/N-ethyl adjacent to an activating group) is 1. The molecule has 0 saturated carbocycles. The fourth-order valence-corrected chi connectivity index (χ4v) is 3.88. The van der Waals surface area contributed by atoms with Gasteiger partial charge < -0.3 is 10.6 Å². The monoisotopic (exact) mass is 323 g/mol. The van der Waals surface area contributed by atoms with Gasteiger partial charge in [-0.15, -0.1) is 11.8 Å². The van der Waals surface area contributed by atoms with Gasteiger partial charge in [0.05, 0.1) is 0 Å². The van der Waals surface area contributed by atoms with Gasteiger partial charge in [0.1, 0.15) is 4.99 Å². The Morgan fingerprint density at radius 1 is 1.38 bits per heavy atom. The van der Waals surface area contributed by atoms with E-state index in [9.17, 15) is 0 Å². The maximum Gasteiger partial charge on any atom is 0.107 e. The molecule has 2 N–H and O–H groups in total. The molecule has 2 rings (SSSR count). The highest BCUT2D eigenvalue weighted by Gasteiger charge is 2.32. The summed E-state index contributed by atoms with van der Waals surface area (Å²) < 4.78 is 0. The van der Waals surface area contributed by atoms with Crippen molar-refractivity contribution < 1.29 is 0 Å². The van der Waals surface area contributed by atoms with Gasteiger partial charge in [-0.25, -0.2) is 0 Å². The summed E-state index contributed by atoms with van der Waals surface area (Å²) in [6, 6.07) is 6.38. The molecule has 21 heavy (non-hydrogen) atoms. The van der Waals surface area contributed by atoms with Crippen LogP contribution in [0.15, 0.2) is 23.1 Å². The predicted octanol–water partition coefficient (Wildman–Crippen LogP) is 2.96. The molecule has 3 nitrogen and oxygen atoms in total. The fourth-order valence-electron chi connectivity index (χ4n) is 2.75. The lowest BCUT2D eigenvalue weighted by molar-refractivity contribution is 0.139. The van der Waals surface area contributed by atoms with E-state index < -0.39 is 0 Å². The first-order valence-electron chi connectivity index (χ1n) is 7.38. The van der Waals surface area contributed by atoms with Gasteiger partial charge in [-0.1, -0.05) is 25.2 Å². The van der Waals surface area contributed by atoms with Crippen molar-refractivity contribution in [3.05, 3.63) is 23.8 Å². The van der Waals surface area contributed by atoms with E-state index in [0.717, 1.165) is 31.0 Å². The van der Waals surface area contributed by atoms with Crippen molar-refractivity contribution in [3.8, 4) is 0 Å². The normalized spacial score (nSPS) is 18.8. The summed E-state index contributed by atoms with van der Waals surface area (Å²) in [7, 11) is 2.19. The molecule has 1 aromatic rings. The van der Waals surface area contributed by atoms with Gasteiger partial charge in [0.15, 0.2) is 0 Å². The van der Waals surface area contributed by atoms with Crippen molar-refractivity contribution in [2.24, 2.45) is 5.73 Å². The van der Waals surface area contributed by atoms with E-state index in [-0.39, 0.29) is 5.54 Å². The van der Waals surface area contributed by atoms with Crippen molar-refractivity contribution in [2.45, 2.75) is 31.2 Å². The number of benzene rings is 1. The summed E-state index contributed by atoms with van der Waals surface area (Å²) in [5.74, 6) is 1.02. The second-order valence-corrected chi connectivity index (χ2v) is 7.85. The highest BCUT2D eigenvalue weighted by molar-refractivity contribution is 7.99. The van der Waals surface area contributed by atoms with Crippen LogP contribution in [0.1, 0.15) is 26.3 Å². The van der Waals surface area contributed by atoms with Crippen LogP contribution in [-0.2, 0) is 0 Å². The summed E-state index contributed by atoms with van der Waals surface area (Å²) in [5.41, 5.74) is 8.40. The topological polar surface area (TPSA) is 32.5 Å².